The van der Waals surface area contributed by atoms with Crippen LogP contribution in [0.25, 0.3) is 16.7 Å². The Morgan fingerprint density at radius 1 is 1.00 bits per heavy atom. The third-order valence-corrected chi connectivity index (χ3v) is 3.97. The van der Waals surface area contributed by atoms with Crippen molar-refractivity contribution in [2.75, 3.05) is 0 Å². The zero-order chi connectivity index (χ0) is 16.8. The van der Waals surface area contributed by atoms with Gasteiger partial charge in [-0.3, -0.25) is 0 Å². The molecule has 0 bridgehead atoms. The quantitative estimate of drug-likeness (QED) is 0.708. The van der Waals surface area contributed by atoms with Gasteiger partial charge in [0.1, 0.15) is 16.7 Å². The lowest BCUT2D eigenvalue weighted by Crippen LogP contribution is -2.15. The van der Waals surface area contributed by atoms with Gasteiger partial charge in [0.15, 0.2) is 11.5 Å². The number of hydrogen-bond acceptors (Lipinski definition) is 4. The molecule has 0 fully saturated rings. The van der Waals surface area contributed by atoms with Gasteiger partial charge in [-0.15, -0.1) is 15.0 Å². The summed E-state index contributed by atoms with van der Waals surface area (Å²) >= 11 is 0. The number of phenolic OH excluding ortho intramolecular Hbond substituents is 2. The minimum Gasteiger partial charge on any atom is -0.504 e. The van der Waals surface area contributed by atoms with Crippen LogP contribution in [0.1, 0.15) is 38.8 Å². The first-order valence-corrected chi connectivity index (χ1v) is 7.73. The SMILES string of the molecule is CCc1cc(-n2nc3ccccc3n2)c(O)c(O)c1C(C)(C)C. The smallest absolute Gasteiger partial charge is 0.185 e. The van der Waals surface area contributed by atoms with Crippen LogP contribution in [0.5, 0.6) is 11.5 Å². The molecule has 1 aromatic heterocycles. The van der Waals surface area contributed by atoms with E-state index in [4.69, 9.17) is 0 Å². The molecule has 23 heavy (non-hydrogen) atoms. The van der Waals surface area contributed by atoms with Crippen molar-refractivity contribution in [3.8, 4) is 17.2 Å². The van der Waals surface area contributed by atoms with Gasteiger partial charge in [-0.1, -0.05) is 39.8 Å². The number of aryl methyl sites for hydroxylation is 1. The number of benzene rings is 2. The molecule has 0 aliphatic heterocycles. The van der Waals surface area contributed by atoms with Crippen molar-refractivity contribution in [2.45, 2.75) is 39.5 Å². The van der Waals surface area contributed by atoms with Crippen molar-refractivity contribution in [1.29, 1.82) is 0 Å². The molecule has 0 amide bonds. The Bertz CT molecular complexity index is 843. The molecular formula is C18H21N3O2. The lowest BCUT2D eigenvalue weighted by atomic mass is 9.82. The number of phenols is 2. The zero-order valence-corrected chi connectivity index (χ0v) is 13.8. The molecule has 3 rings (SSSR count). The molecule has 0 aliphatic rings. The molecule has 0 atom stereocenters. The van der Waals surface area contributed by atoms with E-state index in [2.05, 4.69) is 10.2 Å². The van der Waals surface area contributed by atoms with E-state index in [0.29, 0.717) is 5.69 Å². The van der Waals surface area contributed by atoms with Crippen LogP contribution in [0.2, 0.25) is 0 Å². The molecule has 120 valence electrons. The van der Waals surface area contributed by atoms with E-state index < -0.39 is 0 Å². The molecule has 3 aromatic rings. The van der Waals surface area contributed by atoms with E-state index in [9.17, 15) is 10.2 Å². The van der Waals surface area contributed by atoms with Gasteiger partial charge in [-0.25, -0.2) is 0 Å². The molecule has 5 nitrogen and oxygen atoms in total. The Morgan fingerprint density at radius 3 is 2.04 bits per heavy atom. The maximum atomic E-state index is 10.5. The predicted octanol–water partition coefficient (Wildman–Crippen LogP) is 3.69. The molecule has 0 saturated heterocycles. The predicted molar refractivity (Wildman–Crippen MR) is 90.3 cm³/mol. The highest BCUT2D eigenvalue weighted by Crippen LogP contribution is 2.43. The zero-order valence-electron chi connectivity index (χ0n) is 13.8. The van der Waals surface area contributed by atoms with Crippen molar-refractivity contribution in [1.82, 2.24) is 15.0 Å². The number of fused-ring (bicyclic) bond motifs is 1. The molecule has 5 heteroatoms. The van der Waals surface area contributed by atoms with Gasteiger partial charge in [-0.05, 0) is 35.6 Å². The average Bonchev–Trinajstić information content (AvgIpc) is 2.91. The van der Waals surface area contributed by atoms with E-state index in [-0.39, 0.29) is 16.9 Å². The van der Waals surface area contributed by atoms with Gasteiger partial charge in [-0.2, -0.15) is 0 Å². The number of hydrogen-bond donors (Lipinski definition) is 2. The Labute approximate surface area is 135 Å². The molecule has 2 N–H and O–H groups in total. The van der Waals surface area contributed by atoms with Crippen LogP contribution >= 0.6 is 0 Å². The van der Waals surface area contributed by atoms with Crippen molar-refractivity contribution in [3.05, 3.63) is 41.5 Å². The largest absolute Gasteiger partial charge is 0.504 e. The molecular weight excluding hydrogens is 290 g/mol. The normalized spacial score (nSPS) is 12.0. The van der Waals surface area contributed by atoms with E-state index in [0.717, 1.165) is 28.6 Å². The van der Waals surface area contributed by atoms with Crippen molar-refractivity contribution in [3.63, 3.8) is 0 Å². The number of rotatable bonds is 2. The fourth-order valence-electron chi connectivity index (χ4n) is 2.93. The monoisotopic (exact) mass is 311 g/mol. The van der Waals surface area contributed by atoms with Crippen LogP contribution in [-0.4, -0.2) is 25.2 Å². The summed E-state index contributed by atoms with van der Waals surface area (Å²) in [6.45, 7) is 8.07. The van der Waals surface area contributed by atoms with E-state index in [1.54, 1.807) is 0 Å². The fourth-order valence-corrected chi connectivity index (χ4v) is 2.93. The first-order valence-electron chi connectivity index (χ1n) is 7.73. The van der Waals surface area contributed by atoms with Crippen LogP contribution in [0.4, 0.5) is 0 Å². The first kappa shape index (κ1) is 15.3. The Hall–Kier alpha value is -2.56. The van der Waals surface area contributed by atoms with Gasteiger partial charge in [0, 0.05) is 5.56 Å². The second-order valence-electron chi connectivity index (χ2n) is 6.71. The highest BCUT2D eigenvalue weighted by Gasteiger charge is 2.26. The number of nitrogens with zero attached hydrogens (tertiary/aromatic N) is 3. The maximum absolute atomic E-state index is 10.5. The van der Waals surface area contributed by atoms with Crippen LogP contribution in [0, 0.1) is 0 Å². The summed E-state index contributed by atoms with van der Waals surface area (Å²) in [6.07, 6.45) is 0.744. The number of aromatic hydroxyl groups is 2. The van der Waals surface area contributed by atoms with Crippen molar-refractivity contribution < 1.29 is 10.2 Å². The van der Waals surface area contributed by atoms with Gasteiger partial charge in [0.25, 0.3) is 0 Å². The third kappa shape index (κ3) is 2.52. The first-order chi connectivity index (χ1) is 10.8. The molecule has 0 aliphatic carbocycles. The molecule has 0 unspecified atom stereocenters. The number of aromatic nitrogens is 3. The van der Waals surface area contributed by atoms with Gasteiger partial charge < -0.3 is 10.2 Å². The maximum Gasteiger partial charge on any atom is 0.185 e. The molecule has 0 radical (unpaired) electrons. The van der Waals surface area contributed by atoms with Crippen LogP contribution in [0.3, 0.4) is 0 Å². The lowest BCUT2D eigenvalue weighted by molar-refractivity contribution is 0.384. The minimum absolute atomic E-state index is 0.0896. The summed E-state index contributed by atoms with van der Waals surface area (Å²) in [7, 11) is 0. The summed E-state index contributed by atoms with van der Waals surface area (Å²) in [4.78, 5) is 1.38. The Kier molecular flexibility index (Phi) is 3.51. The third-order valence-electron chi connectivity index (χ3n) is 3.97. The van der Waals surface area contributed by atoms with E-state index in [1.807, 2.05) is 58.0 Å². The minimum atomic E-state index is -0.270. The second kappa shape index (κ2) is 5.26. The second-order valence-corrected chi connectivity index (χ2v) is 6.71. The molecule has 0 saturated carbocycles. The summed E-state index contributed by atoms with van der Waals surface area (Å²) < 4.78 is 0. The standard InChI is InChI=1S/C18H21N3O2/c1-5-11-10-14(16(22)17(23)15(11)18(2,3)4)21-19-12-8-6-7-9-13(12)20-21/h6-10,22-23H,5H2,1-4H3. The highest BCUT2D eigenvalue weighted by molar-refractivity contribution is 5.74. The molecule has 2 aromatic carbocycles. The van der Waals surface area contributed by atoms with Crippen molar-refractivity contribution in [2.24, 2.45) is 0 Å². The summed E-state index contributed by atoms with van der Waals surface area (Å²) in [6, 6.07) is 9.35. The fraction of sp³-hybridized carbons (Fsp3) is 0.333. The summed E-state index contributed by atoms with van der Waals surface area (Å²) in [5.74, 6) is -0.277. The van der Waals surface area contributed by atoms with Crippen LogP contribution in [0.15, 0.2) is 30.3 Å². The average molecular weight is 311 g/mol. The van der Waals surface area contributed by atoms with E-state index >= 15 is 0 Å². The molecule has 1 heterocycles. The molecule has 0 spiro atoms. The van der Waals surface area contributed by atoms with Gasteiger partial charge >= 0.3 is 0 Å². The Balaban J connectivity index is 2.26. The van der Waals surface area contributed by atoms with E-state index in [1.165, 1.54) is 4.80 Å². The summed E-state index contributed by atoms with van der Waals surface area (Å²) in [5, 5.41) is 29.8. The highest BCUT2D eigenvalue weighted by atomic mass is 16.3. The van der Waals surface area contributed by atoms with Crippen LogP contribution in [-0.2, 0) is 11.8 Å². The lowest BCUT2D eigenvalue weighted by Gasteiger charge is -2.25. The summed E-state index contributed by atoms with van der Waals surface area (Å²) in [5.41, 5.74) is 3.34. The van der Waals surface area contributed by atoms with Crippen LogP contribution < -0.4 is 0 Å². The Morgan fingerprint density at radius 2 is 1.57 bits per heavy atom. The van der Waals surface area contributed by atoms with Crippen molar-refractivity contribution >= 4 is 11.0 Å². The van der Waals surface area contributed by atoms with Gasteiger partial charge in [0.2, 0.25) is 0 Å². The van der Waals surface area contributed by atoms with Gasteiger partial charge in [0.05, 0.1) is 0 Å². The topological polar surface area (TPSA) is 71.2 Å².